The van der Waals surface area contributed by atoms with Gasteiger partial charge in [-0.15, -0.1) is 0 Å². The van der Waals surface area contributed by atoms with Crippen LogP contribution < -0.4 is 11.1 Å². The van der Waals surface area contributed by atoms with E-state index in [0.29, 0.717) is 5.56 Å². The van der Waals surface area contributed by atoms with Gasteiger partial charge < -0.3 is 11.1 Å². The van der Waals surface area contributed by atoms with Gasteiger partial charge in [0.2, 0.25) is 0 Å². The Labute approximate surface area is 111 Å². The van der Waals surface area contributed by atoms with E-state index in [9.17, 15) is 13.2 Å². The summed E-state index contributed by atoms with van der Waals surface area (Å²) >= 11 is 0. The Morgan fingerprint density at radius 1 is 1.21 bits per heavy atom. The molecule has 1 aromatic rings. The minimum absolute atomic E-state index is 0.208. The van der Waals surface area contributed by atoms with Crippen LogP contribution in [0.15, 0.2) is 24.3 Å². The molecule has 1 unspecified atom stereocenters. The van der Waals surface area contributed by atoms with E-state index in [0.717, 1.165) is 32.0 Å². The summed E-state index contributed by atoms with van der Waals surface area (Å²) in [5.74, 6) is 0.0228. The molecule has 106 valence electrons. The molecule has 2 rings (SSSR count). The molecule has 5 heteroatoms. The molecule has 2 nitrogen and oxygen atoms in total. The number of hydrogen-bond acceptors (Lipinski definition) is 2. The normalized spacial score (nSPS) is 19.4. The van der Waals surface area contributed by atoms with Gasteiger partial charge in [0.15, 0.2) is 0 Å². The lowest BCUT2D eigenvalue weighted by molar-refractivity contribution is -0.138. The Morgan fingerprint density at radius 2 is 1.84 bits per heavy atom. The monoisotopic (exact) mass is 272 g/mol. The third-order valence-electron chi connectivity index (χ3n) is 3.87. The fourth-order valence-corrected chi connectivity index (χ4v) is 2.90. The number of piperidine rings is 1. The largest absolute Gasteiger partial charge is 0.416 e. The van der Waals surface area contributed by atoms with Crippen LogP contribution in [-0.2, 0) is 6.18 Å². The van der Waals surface area contributed by atoms with Crippen molar-refractivity contribution in [1.82, 2.24) is 5.32 Å². The zero-order valence-electron chi connectivity index (χ0n) is 10.7. The first kappa shape index (κ1) is 14.3. The summed E-state index contributed by atoms with van der Waals surface area (Å²) in [5, 5.41) is 3.23. The summed E-state index contributed by atoms with van der Waals surface area (Å²) in [7, 11) is 0. The number of hydrogen-bond donors (Lipinski definition) is 2. The molecular formula is C14H19F3N2. The van der Waals surface area contributed by atoms with E-state index in [2.05, 4.69) is 5.32 Å². The molecule has 1 heterocycles. The Bertz CT molecular complexity index is 411. The number of alkyl halides is 3. The van der Waals surface area contributed by atoms with Crippen LogP contribution in [0.25, 0.3) is 0 Å². The van der Waals surface area contributed by atoms with Crippen molar-refractivity contribution in [1.29, 1.82) is 0 Å². The van der Waals surface area contributed by atoms with Crippen LogP contribution in [0, 0.1) is 5.92 Å². The maximum absolute atomic E-state index is 13.1. The molecule has 3 N–H and O–H groups in total. The van der Waals surface area contributed by atoms with Crippen LogP contribution in [0.3, 0.4) is 0 Å². The van der Waals surface area contributed by atoms with Crippen molar-refractivity contribution >= 4 is 0 Å². The second-order valence-electron chi connectivity index (χ2n) is 5.01. The molecule has 1 aliphatic rings. The smallest absolute Gasteiger partial charge is 0.330 e. The molecule has 1 aliphatic heterocycles. The molecule has 0 saturated carbocycles. The van der Waals surface area contributed by atoms with Gasteiger partial charge in [0.25, 0.3) is 0 Å². The topological polar surface area (TPSA) is 38.0 Å². The summed E-state index contributed by atoms with van der Waals surface area (Å²) in [4.78, 5) is 0. The highest BCUT2D eigenvalue weighted by molar-refractivity contribution is 5.33. The molecule has 1 atom stereocenters. The fraction of sp³-hybridized carbons (Fsp3) is 0.571. The molecule has 0 aromatic heterocycles. The van der Waals surface area contributed by atoms with Gasteiger partial charge in [-0.3, -0.25) is 0 Å². The molecule has 0 aliphatic carbocycles. The summed E-state index contributed by atoms with van der Waals surface area (Å²) < 4.78 is 39.2. The van der Waals surface area contributed by atoms with E-state index < -0.39 is 11.7 Å². The SMILES string of the molecule is NCC(c1ccccc1C(F)(F)F)C1CCNCC1. The Hall–Kier alpha value is -1.07. The second kappa shape index (κ2) is 5.92. The second-order valence-corrected chi connectivity index (χ2v) is 5.01. The van der Waals surface area contributed by atoms with E-state index in [1.54, 1.807) is 12.1 Å². The van der Waals surface area contributed by atoms with E-state index in [1.165, 1.54) is 6.07 Å². The average Bonchev–Trinajstić information content (AvgIpc) is 2.40. The number of nitrogens with one attached hydrogen (secondary N) is 1. The van der Waals surface area contributed by atoms with Gasteiger partial charge in [0, 0.05) is 0 Å². The van der Waals surface area contributed by atoms with Gasteiger partial charge in [-0.25, -0.2) is 0 Å². The van der Waals surface area contributed by atoms with Crippen LogP contribution in [0.2, 0.25) is 0 Å². The molecule has 0 bridgehead atoms. The predicted molar refractivity (Wildman–Crippen MR) is 68.8 cm³/mol. The maximum atomic E-state index is 13.1. The summed E-state index contributed by atoms with van der Waals surface area (Å²) in [6, 6.07) is 5.82. The Morgan fingerprint density at radius 3 is 2.42 bits per heavy atom. The lowest BCUT2D eigenvalue weighted by atomic mass is 9.79. The van der Waals surface area contributed by atoms with Crippen molar-refractivity contribution in [2.45, 2.75) is 24.9 Å². The van der Waals surface area contributed by atoms with Crippen molar-refractivity contribution in [3.63, 3.8) is 0 Å². The van der Waals surface area contributed by atoms with E-state index in [-0.39, 0.29) is 18.4 Å². The highest BCUT2D eigenvalue weighted by Crippen LogP contribution is 2.39. The number of rotatable bonds is 3. The predicted octanol–water partition coefficient (Wildman–Crippen LogP) is 2.75. The summed E-state index contributed by atoms with van der Waals surface area (Å²) in [6.45, 7) is 1.97. The minimum atomic E-state index is -4.31. The highest BCUT2D eigenvalue weighted by Gasteiger charge is 2.36. The Balaban J connectivity index is 2.32. The number of benzene rings is 1. The number of nitrogens with two attached hydrogens (primary N) is 1. The van der Waals surface area contributed by atoms with Crippen LogP contribution in [-0.4, -0.2) is 19.6 Å². The van der Waals surface area contributed by atoms with Crippen molar-refractivity contribution in [2.24, 2.45) is 11.7 Å². The van der Waals surface area contributed by atoms with Crippen molar-refractivity contribution in [3.05, 3.63) is 35.4 Å². The van der Waals surface area contributed by atoms with Gasteiger partial charge in [-0.2, -0.15) is 13.2 Å². The summed E-state index contributed by atoms with van der Waals surface area (Å²) in [6.07, 6.45) is -2.54. The first-order valence-electron chi connectivity index (χ1n) is 6.61. The zero-order chi connectivity index (χ0) is 13.9. The molecular weight excluding hydrogens is 253 g/mol. The summed E-state index contributed by atoms with van der Waals surface area (Å²) in [5.41, 5.74) is 5.57. The maximum Gasteiger partial charge on any atom is 0.416 e. The molecule has 1 fully saturated rings. The van der Waals surface area contributed by atoms with Crippen molar-refractivity contribution < 1.29 is 13.2 Å². The standard InChI is InChI=1S/C14H19F3N2/c15-14(16,17)13-4-2-1-3-11(13)12(9-18)10-5-7-19-8-6-10/h1-4,10,12,19H,5-9,18H2. The van der Waals surface area contributed by atoms with E-state index in [4.69, 9.17) is 5.73 Å². The average molecular weight is 272 g/mol. The van der Waals surface area contributed by atoms with Crippen LogP contribution in [0.1, 0.15) is 29.9 Å². The van der Waals surface area contributed by atoms with Gasteiger partial charge in [0.05, 0.1) is 5.56 Å². The van der Waals surface area contributed by atoms with Crippen molar-refractivity contribution in [2.75, 3.05) is 19.6 Å². The lowest BCUT2D eigenvalue weighted by Gasteiger charge is -2.31. The third kappa shape index (κ3) is 3.28. The number of halogens is 3. The minimum Gasteiger partial charge on any atom is -0.330 e. The van der Waals surface area contributed by atoms with E-state index >= 15 is 0 Å². The third-order valence-corrected chi connectivity index (χ3v) is 3.87. The fourth-order valence-electron chi connectivity index (χ4n) is 2.90. The first-order valence-corrected chi connectivity index (χ1v) is 6.61. The molecule has 0 radical (unpaired) electrons. The van der Waals surface area contributed by atoms with Gasteiger partial charge in [-0.05, 0) is 55.9 Å². The molecule has 1 aromatic carbocycles. The Kier molecular flexibility index (Phi) is 4.47. The van der Waals surface area contributed by atoms with Gasteiger partial charge in [-0.1, -0.05) is 18.2 Å². The van der Waals surface area contributed by atoms with E-state index in [1.807, 2.05) is 0 Å². The molecule has 0 amide bonds. The van der Waals surface area contributed by atoms with Crippen molar-refractivity contribution in [3.8, 4) is 0 Å². The molecule has 0 spiro atoms. The van der Waals surface area contributed by atoms with Crippen LogP contribution in [0.4, 0.5) is 13.2 Å². The molecule has 19 heavy (non-hydrogen) atoms. The van der Waals surface area contributed by atoms with Crippen LogP contribution >= 0.6 is 0 Å². The quantitative estimate of drug-likeness (QED) is 0.888. The van der Waals surface area contributed by atoms with Gasteiger partial charge >= 0.3 is 6.18 Å². The zero-order valence-corrected chi connectivity index (χ0v) is 10.7. The molecule has 1 saturated heterocycles. The lowest BCUT2D eigenvalue weighted by Crippen LogP contribution is -2.34. The van der Waals surface area contributed by atoms with Crippen LogP contribution in [0.5, 0.6) is 0 Å². The first-order chi connectivity index (χ1) is 9.04. The van der Waals surface area contributed by atoms with Gasteiger partial charge in [0.1, 0.15) is 0 Å². The highest BCUT2D eigenvalue weighted by atomic mass is 19.4.